The average molecular weight is 313 g/mol. The first kappa shape index (κ1) is 15.5. The lowest BCUT2D eigenvalue weighted by Crippen LogP contribution is -2.40. The lowest BCUT2D eigenvalue weighted by molar-refractivity contribution is 0.239. The third kappa shape index (κ3) is 5.54. The van der Waals surface area contributed by atoms with Crippen LogP contribution >= 0.6 is 0 Å². The highest BCUT2D eigenvalue weighted by Crippen LogP contribution is 2.17. The Bertz CT molecular complexity index is 564. The Labute approximate surface area is 123 Å². The van der Waals surface area contributed by atoms with Crippen molar-refractivity contribution in [1.29, 1.82) is 0 Å². The van der Waals surface area contributed by atoms with Crippen LogP contribution in [0.2, 0.25) is 0 Å². The van der Waals surface area contributed by atoms with Gasteiger partial charge in [-0.2, -0.15) is 0 Å². The standard InChI is InChI=1S/C12H19N5O3S/c18-12(17-7-10-1-6-21(19,20)9-10)16-5-4-15-11-8-13-2-3-14-11/h2-3,8,10H,1,4-7,9H2,(H,14,15)(H2,16,17,18)/t10-/m0/s1. The molecule has 0 unspecified atom stereocenters. The van der Waals surface area contributed by atoms with Crippen LogP contribution in [0, 0.1) is 5.92 Å². The topological polar surface area (TPSA) is 113 Å². The fourth-order valence-electron chi connectivity index (χ4n) is 2.09. The van der Waals surface area contributed by atoms with E-state index >= 15 is 0 Å². The molecule has 1 aliphatic rings. The summed E-state index contributed by atoms with van der Waals surface area (Å²) in [6.07, 6.45) is 5.38. The minimum absolute atomic E-state index is 0.0264. The second kappa shape index (κ2) is 7.21. The van der Waals surface area contributed by atoms with E-state index in [1.165, 1.54) is 0 Å². The Morgan fingerprint density at radius 3 is 2.81 bits per heavy atom. The fourth-order valence-corrected chi connectivity index (χ4v) is 3.95. The highest BCUT2D eigenvalue weighted by molar-refractivity contribution is 7.91. The molecule has 1 aliphatic heterocycles. The van der Waals surface area contributed by atoms with Gasteiger partial charge in [0.15, 0.2) is 9.84 Å². The van der Waals surface area contributed by atoms with Crippen molar-refractivity contribution in [1.82, 2.24) is 20.6 Å². The first-order chi connectivity index (χ1) is 10.1. The normalized spacial score (nSPS) is 19.9. The van der Waals surface area contributed by atoms with Gasteiger partial charge < -0.3 is 16.0 Å². The largest absolute Gasteiger partial charge is 0.367 e. The summed E-state index contributed by atoms with van der Waals surface area (Å²) in [6, 6.07) is -0.291. The second-order valence-electron chi connectivity index (χ2n) is 4.92. The number of anilines is 1. The number of carbonyl (C=O) groups excluding carboxylic acids is 1. The summed E-state index contributed by atoms with van der Waals surface area (Å²) in [5.41, 5.74) is 0. The smallest absolute Gasteiger partial charge is 0.314 e. The molecule has 1 saturated heterocycles. The Morgan fingerprint density at radius 1 is 1.29 bits per heavy atom. The molecule has 116 valence electrons. The third-order valence-electron chi connectivity index (χ3n) is 3.16. The Kier molecular flexibility index (Phi) is 5.32. The minimum atomic E-state index is -2.89. The summed E-state index contributed by atoms with van der Waals surface area (Å²) < 4.78 is 22.6. The molecule has 1 aromatic rings. The van der Waals surface area contributed by atoms with Crippen molar-refractivity contribution >= 4 is 21.7 Å². The Morgan fingerprint density at radius 2 is 2.14 bits per heavy atom. The van der Waals surface area contributed by atoms with Gasteiger partial charge in [-0.3, -0.25) is 4.98 Å². The van der Waals surface area contributed by atoms with Crippen LogP contribution in [0.25, 0.3) is 0 Å². The summed E-state index contributed by atoms with van der Waals surface area (Å²) in [4.78, 5) is 19.5. The van der Waals surface area contributed by atoms with Gasteiger partial charge in [-0.15, -0.1) is 0 Å². The van der Waals surface area contributed by atoms with Gasteiger partial charge in [-0.25, -0.2) is 18.2 Å². The van der Waals surface area contributed by atoms with Crippen molar-refractivity contribution in [3.8, 4) is 0 Å². The number of nitrogens with zero attached hydrogens (tertiary/aromatic N) is 2. The van der Waals surface area contributed by atoms with E-state index in [0.717, 1.165) is 0 Å². The molecule has 0 saturated carbocycles. The summed E-state index contributed by atoms with van der Waals surface area (Å²) in [5, 5.41) is 8.39. The van der Waals surface area contributed by atoms with Crippen LogP contribution in [-0.4, -0.2) is 55.6 Å². The molecule has 0 bridgehead atoms. The lowest BCUT2D eigenvalue weighted by Gasteiger charge is -2.11. The van der Waals surface area contributed by atoms with Crippen LogP contribution in [0.1, 0.15) is 6.42 Å². The van der Waals surface area contributed by atoms with E-state index in [2.05, 4.69) is 25.9 Å². The van der Waals surface area contributed by atoms with Crippen LogP contribution in [0.5, 0.6) is 0 Å². The predicted octanol–water partition coefficient (Wildman–Crippen LogP) is -0.378. The maximum atomic E-state index is 11.5. The van der Waals surface area contributed by atoms with Crippen molar-refractivity contribution < 1.29 is 13.2 Å². The van der Waals surface area contributed by atoms with Gasteiger partial charge in [-0.05, 0) is 12.3 Å². The summed E-state index contributed by atoms with van der Waals surface area (Å²) in [5.74, 6) is 1.07. The van der Waals surface area contributed by atoms with E-state index in [9.17, 15) is 13.2 Å². The van der Waals surface area contributed by atoms with Gasteiger partial charge in [-0.1, -0.05) is 0 Å². The quantitative estimate of drug-likeness (QED) is 0.617. The number of nitrogens with one attached hydrogen (secondary N) is 3. The zero-order chi connectivity index (χ0) is 15.1. The Balaban J connectivity index is 1.56. The lowest BCUT2D eigenvalue weighted by atomic mass is 10.1. The first-order valence-electron chi connectivity index (χ1n) is 6.77. The number of aromatic nitrogens is 2. The van der Waals surface area contributed by atoms with Gasteiger partial charge in [0, 0.05) is 32.0 Å². The fraction of sp³-hybridized carbons (Fsp3) is 0.583. The summed E-state index contributed by atoms with van der Waals surface area (Å²) >= 11 is 0. The van der Waals surface area contributed by atoms with Crippen molar-refractivity contribution in [2.24, 2.45) is 5.92 Å². The van der Waals surface area contributed by atoms with E-state index in [1.54, 1.807) is 18.6 Å². The van der Waals surface area contributed by atoms with Gasteiger partial charge >= 0.3 is 6.03 Å². The molecule has 0 aliphatic carbocycles. The minimum Gasteiger partial charge on any atom is -0.367 e. The molecule has 2 amide bonds. The molecule has 1 aromatic heterocycles. The number of hydrogen-bond acceptors (Lipinski definition) is 6. The molecule has 2 rings (SSSR count). The van der Waals surface area contributed by atoms with Gasteiger partial charge in [0.2, 0.25) is 0 Å². The summed E-state index contributed by atoms with van der Waals surface area (Å²) in [6.45, 7) is 1.36. The predicted molar refractivity (Wildman–Crippen MR) is 78.7 cm³/mol. The molecule has 1 atom stereocenters. The van der Waals surface area contributed by atoms with E-state index in [0.29, 0.717) is 31.9 Å². The third-order valence-corrected chi connectivity index (χ3v) is 4.99. The van der Waals surface area contributed by atoms with Crippen molar-refractivity contribution in [2.75, 3.05) is 36.5 Å². The maximum Gasteiger partial charge on any atom is 0.314 e. The molecule has 8 nitrogen and oxygen atoms in total. The average Bonchev–Trinajstić information content (AvgIpc) is 2.82. The van der Waals surface area contributed by atoms with Crippen LogP contribution in [0.3, 0.4) is 0 Å². The maximum absolute atomic E-state index is 11.5. The molecule has 2 heterocycles. The Hall–Kier alpha value is -1.90. The van der Waals surface area contributed by atoms with E-state index in [-0.39, 0.29) is 23.5 Å². The second-order valence-corrected chi connectivity index (χ2v) is 7.15. The number of amides is 2. The molecular weight excluding hydrogens is 294 g/mol. The first-order valence-corrected chi connectivity index (χ1v) is 8.59. The zero-order valence-corrected chi connectivity index (χ0v) is 12.4. The number of carbonyl (C=O) groups is 1. The van der Waals surface area contributed by atoms with E-state index in [1.807, 2.05) is 0 Å². The van der Waals surface area contributed by atoms with Crippen LogP contribution in [0.15, 0.2) is 18.6 Å². The van der Waals surface area contributed by atoms with Crippen molar-refractivity contribution in [3.05, 3.63) is 18.6 Å². The van der Waals surface area contributed by atoms with E-state index in [4.69, 9.17) is 0 Å². The highest BCUT2D eigenvalue weighted by atomic mass is 32.2. The van der Waals surface area contributed by atoms with Crippen LogP contribution in [0.4, 0.5) is 10.6 Å². The molecule has 1 fully saturated rings. The number of urea groups is 1. The van der Waals surface area contributed by atoms with Gasteiger partial charge in [0.1, 0.15) is 5.82 Å². The zero-order valence-electron chi connectivity index (χ0n) is 11.6. The highest BCUT2D eigenvalue weighted by Gasteiger charge is 2.27. The number of rotatable bonds is 6. The number of sulfone groups is 1. The number of hydrogen-bond donors (Lipinski definition) is 3. The van der Waals surface area contributed by atoms with Crippen molar-refractivity contribution in [2.45, 2.75) is 6.42 Å². The van der Waals surface area contributed by atoms with Crippen LogP contribution in [-0.2, 0) is 9.84 Å². The molecule has 0 radical (unpaired) electrons. The van der Waals surface area contributed by atoms with Gasteiger partial charge in [0.25, 0.3) is 0 Å². The molecule has 0 spiro atoms. The molecular formula is C12H19N5O3S. The molecule has 9 heteroatoms. The molecule has 3 N–H and O–H groups in total. The summed E-state index contributed by atoms with van der Waals surface area (Å²) in [7, 11) is -2.89. The van der Waals surface area contributed by atoms with Crippen molar-refractivity contribution in [3.63, 3.8) is 0 Å². The SMILES string of the molecule is O=C(NCCNc1cnccn1)NC[C@@H]1CCS(=O)(=O)C1. The monoisotopic (exact) mass is 313 g/mol. The van der Waals surface area contributed by atoms with Gasteiger partial charge in [0.05, 0.1) is 17.7 Å². The van der Waals surface area contributed by atoms with E-state index < -0.39 is 9.84 Å². The molecule has 0 aromatic carbocycles. The van der Waals surface area contributed by atoms with Crippen LogP contribution < -0.4 is 16.0 Å². The molecule has 21 heavy (non-hydrogen) atoms.